The van der Waals surface area contributed by atoms with Crippen LogP contribution < -0.4 is 4.74 Å². The molecule has 3 unspecified atom stereocenters. The molecule has 1 aromatic carbocycles. The van der Waals surface area contributed by atoms with Crippen LogP contribution in [0.25, 0.3) is 0 Å². The lowest BCUT2D eigenvalue weighted by atomic mass is 9.79. The Kier molecular flexibility index (Phi) is 4.47. The summed E-state index contributed by atoms with van der Waals surface area (Å²) in [5, 5.41) is 9.27. The molecular weight excluding hydrogens is 234 g/mol. The smallest absolute Gasteiger partial charge is 0.120 e. The standard InChI is InChI=1S/C17H23NO/c1-4-14-6-7-15(11-18)17(10-14)19-16-8-5-12(2)13(3)9-16/h5,8-9,14-15,17H,4,6-7,10H2,1-3H3. The topological polar surface area (TPSA) is 33.0 Å². The van der Waals surface area contributed by atoms with E-state index in [1.807, 2.05) is 6.07 Å². The lowest BCUT2D eigenvalue weighted by Gasteiger charge is -2.32. The average molecular weight is 257 g/mol. The van der Waals surface area contributed by atoms with Crippen LogP contribution in [0.3, 0.4) is 0 Å². The van der Waals surface area contributed by atoms with Gasteiger partial charge in [0.15, 0.2) is 0 Å². The largest absolute Gasteiger partial charge is 0.489 e. The fraction of sp³-hybridized carbons (Fsp3) is 0.588. The number of hydrogen-bond donors (Lipinski definition) is 0. The van der Waals surface area contributed by atoms with E-state index in [0.717, 1.165) is 18.6 Å². The summed E-state index contributed by atoms with van der Waals surface area (Å²) >= 11 is 0. The first kappa shape index (κ1) is 13.9. The Hall–Kier alpha value is -1.49. The van der Waals surface area contributed by atoms with Crippen LogP contribution in [-0.4, -0.2) is 6.10 Å². The van der Waals surface area contributed by atoms with E-state index in [1.165, 1.54) is 24.0 Å². The molecule has 0 bridgehead atoms. The molecule has 0 aromatic heterocycles. The Labute approximate surface area is 116 Å². The Morgan fingerprint density at radius 1 is 1.26 bits per heavy atom. The fourth-order valence-corrected chi connectivity index (χ4v) is 2.82. The highest BCUT2D eigenvalue weighted by Gasteiger charge is 2.31. The van der Waals surface area contributed by atoms with Gasteiger partial charge in [-0.05, 0) is 62.3 Å². The van der Waals surface area contributed by atoms with Crippen molar-refractivity contribution in [2.75, 3.05) is 0 Å². The van der Waals surface area contributed by atoms with Gasteiger partial charge < -0.3 is 4.74 Å². The molecule has 19 heavy (non-hydrogen) atoms. The third kappa shape index (κ3) is 3.29. The highest BCUT2D eigenvalue weighted by Crippen LogP contribution is 2.33. The number of rotatable bonds is 3. The first-order valence-electron chi connectivity index (χ1n) is 7.27. The predicted octanol–water partition coefficient (Wildman–Crippen LogP) is 4.40. The summed E-state index contributed by atoms with van der Waals surface area (Å²) in [7, 11) is 0. The minimum atomic E-state index is 0.0457. The highest BCUT2D eigenvalue weighted by atomic mass is 16.5. The SMILES string of the molecule is CCC1CCC(C#N)C(Oc2ccc(C)c(C)c2)C1. The van der Waals surface area contributed by atoms with Crippen LogP contribution in [0.2, 0.25) is 0 Å². The number of hydrogen-bond acceptors (Lipinski definition) is 2. The van der Waals surface area contributed by atoms with Crippen LogP contribution >= 0.6 is 0 Å². The van der Waals surface area contributed by atoms with Crippen LogP contribution in [0.5, 0.6) is 5.75 Å². The summed E-state index contributed by atoms with van der Waals surface area (Å²) < 4.78 is 6.10. The second-order valence-electron chi connectivity index (χ2n) is 5.73. The molecular formula is C17H23NO. The Balaban J connectivity index is 2.10. The van der Waals surface area contributed by atoms with Gasteiger partial charge in [0.1, 0.15) is 11.9 Å². The van der Waals surface area contributed by atoms with Gasteiger partial charge >= 0.3 is 0 Å². The van der Waals surface area contributed by atoms with E-state index in [9.17, 15) is 5.26 Å². The maximum absolute atomic E-state index is 9.27. The average Bonchev–Trinajstić information content (AvgIpc) is 2.43. The van der Waals surface area contributed by atoms with Gasteiger partial charge in [0, 0.05) is 0 Å². The lowest BCUT2D eigenvalue weighted by Crippen LogP contribution is -2.33. The van der Waals surface area contributed by atoms with Gasteiger partial charge in [0.25, 0.3) is 0 Å². The predicted molar refractivity (Wildman–Crippen MR) is 77.1 cm³/mol. The molecule has 3 atom stereocenters. The maximum Gasteiger partial charge on any atom is 0.120 e. The van der Waals surface area contributed by atoms with Crippen LogP contribution in [0.4, 0.5) is 0 Å². The quantitative estimate of drug-likeness (QED) is 0.804. The normalized spacial score (nSPS) is 26.7. The molecule has 2 rings (SSSR count). The van der Waals surface area contributed by atoms with Gasteiger partial charge in [-0.25, -0.2) is 0 Å². The molecule has 0 aliphatic heterocycles. The van der Waals surface area contributed by atoms with Crippen molar-refractivity contribution in [1.82, 2.24) is 0 Å². The summed E-state index contributed by atoms with van der Waals surface area (Å²) in [4.78, 5) is 0. The minimum absolute atomic E-state index is 0.0457. The van der Waals surface area contributed by atoms with Crippen LogP contribution in [0, 0.1) is 37.0 Å². The summed E-state index contributed by atoms with van der Waals surface area (Å²) in [5.41, 5.74) is 2.52. The molecule has 2 heteroatoms. The molecule has 0 N–H and O–H groups in total. The van der Waals surface area contributed by atoms with Gasteiger partial charge in [-0.3, -0.25) is 0 Å². The zero-order valence-corrected chi connectivity index (χ0v) is 12.1. The molecule has 1 fully saturated rings. The maximum atomic E-state index is 9.27. The molecule has 1 aromatic rings. The van der Waals surface area contributed by atoms with E-state index >= 15 is 0 Å². The molecule has 0 heterocycles. The van der Waals surface area contributed by atoms with E-state index in [1.54, 1.807) is 0 Å². The third-order valence-corrected chi connectivity index (χ3v) is 4.41. The van der Waals surface area contributed by atoms with Gasteiger partial charge in [-0.15, -0.1) is 0 Å². The fourth-order valence-electron chi connectivity index (χ4n) is 2.82. The third-order valence-electron chi connectivity index (χ3n) is 4.41. The van der Waals surface area contributed by atoms with Crippen LogP contribution in [-0.2, 0) is 0 Å². The molecule has 0 amide bonds. The van der Waals surface area contributed by atoms with Crippen molar-refractivity contribution < 1.29 is 4.74 Å². The van der Waals surface area contributed by atoms with E-state index in [4.69, 9.17) is 4.74 Å². The van der Waals surface area contributed by atoms with Crippen LogP contribution in [0.1, 0.15) is 43.7 Å². The number of nitrogens with zero attached hydrogens (tertiary/aromatic N) is 1. The van der Waals surface area contributed by atoms with Crippen molar-refractivity contribution in [2.24, 2.45) is 11.8 Å². The molecule has 2 nitrogen and oxygen atoms in total. The van der Waals surface area contributed by atoms with Crippen molar-refractivity contribution in [3.8, 4) is 11.8 Å². The van der Waals surface area contributed by atoms with Crippen molar-refractivity contribution in [3.63, 3.8) is 0 Å². The van der Waals surface area contributed by atoms with E-state index in [-0.39, 0.29) is 12.0 Å². The van der Waals surface area contributed by atoms with Gasteiger partial charge in [0.2, 0.25) is 0 Å². The zero-order valence-electron chi connectivity index (χ0n) is 12.1. The molecule has 0 radical (unpaired) electrons. The minimum Gasteiger partial charge on any atom is -0.489 e. The van der Waals surface area contributed by atoms with Gasteiger partial charge in [0.05, 0.1) is 12.0 Å². The van der Waals surface area contributed by atoms with Crippen molar-refractivity contribution in [3.05, 3.63) is 29.3 Å². The number of benzene rings is 1. The van der Waals surface area contributed by atoms with Crippen molar-refractivity contribution >= 4 is 0 Å². The summed E-state index contributed by atoms with van der Waals surface area (Å²) in [6, 6.07) is 8.61. The first-order chi connectivity index (χ1) is 9.13. The number of nitriles is 1. The molecule has 102 valence electrons. The molecule has 1 aliphatic carbocycles. The molecule has 0 saturated heterocycles. The summed E-state index contributed by atoms with van der Waals surface area (Å²) in [6.07, 6.45) is 4.41. The zero-order chi connectivity index (χ0) is 13.8. The van der Waals surface area contributed by atoms with Gasteiger partial charge in [-0.2, -0.15) is 5.26 Å². The van der Waals surface area contributed by atoms with Crippen molar-refractivity contribution in [2.45, 2.75) is 52.6 Å². The summed E-state index contributed by atoms with van der Waals surface area (Å²) in [5.74, 6) is 1.66. The van der Waals surface area contributed by atoms with Crippen LogP contribution in [0.15, 0.2) is 18.2 Å². The first-order valence-corrected chi connectivity index (χ1v) is 7.27. The van der Waals surface area contributed by atoms with E-state index in [0.29, 0.717) is 5.92 Å². The highest BCUT2D eigenvalue weighted by molar-refractivity contribution is 5.34. The molecule has 1 aliphatic rings. The second kappa shape index (κ2) is 6.10. The number of aryl methyl sites for hydroxylation is 2. The Bertz CT molecular complexity index is 475. The Morgan fingerprint density at radius 3 is 2.68 bits per heavy atom. The molecule has 1 saturated carbocycles. The monoisotopic (exact) mass is 257 g/mol. The molecule has 0 spiro atoms. The summed E-state index contributed by atoms with van der Waals surface area (Å²) in [6.45, 7) is 6.43. The van der Waals surface area contributed by atoms with E-state index < -0.39 is 0 Å². The number of ether oxygens (including phenoxy) is 1. The lowest BCUT2D eigenvalue weighted by molar-refractivity contribution is 0.0892. The van der Waals surface area contributed by atoms with Gasteiger partial charge in [-0.1, -0.05) is 19.4 Å². The van der Waals surface area contributed by atoms with E-state index in [2.05, 4.69) is 39.0 Å². The second-order valence-corrected chi connectivity index (χ2v) is 5.73. The Morgan fingerprint density at radius 2 is 2.05 bits per heavy atom. The van der Waals surface area contributed by atoms with Crippen molar-refractivity contribution in [1.29, 1.82) is 5.26 Å².